The van der Waals surface area contributed by atoms with Crippen LogP contribution in [0.3, 0.4) is 0 Å². The lowest BCUT2D eigenvalue weighted by Gasteiger charge is -2.34. The van der Waals surface area contributed by atoms with Crippen molar-refractivity contribution in [2.24, 2.45) is 5.41 Å². The van der Waals surface area contributed by atoms with Gasteiger partial charge in [-0.05, 0) is 12.8 Å². The van der Waals surface area contributed by atoms with E-state index in [4.69, 9.17) is 9.47 Å². The average Bonchev–Trinajstić information content (AvgIpc) is 2.68. The Kier molecular flexibility index (Phi) is 7.80. The molecule has 0 atom stereocenters. The van der Waals surface area contributed by atoms with E-state index in [9.17, 15) is 35.2 Å². The smallest absolute Gasteiger partial charge is 0.309 e. The fourth-order valence-corrected chi connectivity index (χ4v) is 3.51. The number of halogens is 5. The molecule has 170 valence electrons. The van der Waals surface area contributed by atoms with Gasteiger partial charge >= 0.3 is 10.1 Å². The zero-order valence-electron chi connectivity index (χ0n) is 16.3. The molecule has 0 amide bonds. The second kappa shape index (κ2) is 9.56. The number of carbonyl (C=O) groups is 1. The first-order valence-corrected chi connectivity index (χ1v) is 10.6. The predicted octanol–water partition coefficient (Wildman–Crippen LogP) is 3.62. The second-order valence-corrected chi connectivity index (χ2v) is 9.33. The molecule has 1 aromatic carbocycles. The highest BCUT2D eigenvalue weighted by Gasteiger charge is 2.31. The highest BCUT2D eigenvalue weighted by molar-refractivity contribution is 7.87. The van der Waals surface area contributed by atoms with Gasteiger partial charge in [-0.15, -0.1) is 0 Å². The van der Waals surface area contributed by atoms with Crippen LogP contribution in [0.2, 0.25) is 0 Å². The number of rotatable bonds is 9. The van der Waals surface area contributed by atoms with Gasteiger partial charge in [0.2, 0.25) is 34.8 Å². The Hall–Kier alpha value is -1.79. The quantitative estimate of drug-likeness (QED) is 0.243. The molecule has 1 saturated heterocycles. The molecular weight excluding hydrogens is 439 g/mol. The zero-order chi connectivity index (χ0) is 22.7. The Balaban J connectivity index is 1.83. The van der Waals surface area contributed by atoms with Gasteiger partial charge in [-0.2, -0.15) is 17.2 Å². The summed E-state index contributed by atoms with van der Waals surface area (Å²) >= 11 is 0. The third-order valence-electron chi connectivity index (χ3n) is 4.23. The maximum Gasteiger partial charge on any atom is 0.309 e. The van der Waals surface area contributed by atoms with Crippen LogP contribution in [0.5, 0.6) is 5.75 Å². The molecule has 0 aliphatic carbocycles. The highest BCUT2D eigenvalue weighted by Crippen LogP contribution is 2.30. The Bertz CT molecular complexity index is 864. The third-order valence-corrected chi connectivity index (χ3v) is 5.35. The molecule has 0 N–H and O–H groups in total. The number of ether oxygens (including phenoxy) is 2. The van der Waals surface area contributed by atoms with Gasteiger partial charge in [-0.1, -0.05) is 13.8 Å². The Labute approximate surface area is 170 Å². The minimum atomic E-state index is -4.79. The molecular formula is C18H21F5O6S. The van der Waals surface area contributed by atoms with Gasteiger partial charge in [0.15, 0.2) is 6.29 Å². The number of hydrogen-bond acceptors (Lipinski definition) is 6. The Morgan fingerprint density at radius 3 is 2.00 bits per heavy atom. The van der Waals surface area contributed by atoms with Crippen molar-refractivity contribution in [3.63, 3.8) is 0 Å². The van der Waals surface area contributed by atoms with Crippen molar-refractivity contribution in [3.05, 3.63) is 29.1 Å². The van der Waals surface area contributed by atoms with Gasteiger partial charge in [0.05, 0.1) is 19.0 Å². The van der Waals surface area contributed by atoms with Crippen molar-refractivity contribution in [1.82, 2.24) is 0 Å². The zero-order valence-corrected chi connectivity index (χ0v) is 17.1. The highest BCUT2D eigenvalue weighted by atomic mass is 32.2. The monoisotopic (exact) mass is 460 g/mol. The van der Waals surface area contributed by atoms with Crippen LogP contribution in [0.15, 0.2) is 0 Å². The summed E-state index contributed by atoms with van der Waals surface area (Å²) in [4.78, 5) is 11.9. The first kappa shape index (κ1) is 24.5. The molecule has 1 heterocycles. The van der Waals surface area contributed by atoms with Crippen molar-refractivity contribution in [1.29, 1.82) is 0 Å². The standard InChI is InChI=1S/C18H21F5O6S/c1-18(2)8-27-11(28-9-18)5-3-4-10(24)6-7-30(25,26)29-17-15(22)13(20)12(19)14(21)16(17)23/h11H,3-9H2,1-2H3. The first-order valence-electron chi connectivity index (χ1n) is 9.01. The number of benzene rings is 1. The lowest BCUT2D eigenvalue weighted by molar-refractivity contribution is -0.224. The molecule has 0 spiro atoms. The van der Waals surface area contributed by atoms with E-state index in [1.165, 1.54) is 0 Å². The maximum absolute atomic E-state index is 13.5. The number of carbonyl (C=O) groups excluding carboxylic acids is 1. The lowest BCUT2D eigenvalue weighted by atomic mass is 9.95. The van der Waals surface area contributed by atoms with E-state index in [2.05, 4.69) is 4.18 Å². The van der Waals surface area contributed by atoms with Crippen LogP contribution in [-0.2, 0) is 24.4 Å². The maximum atomic E-state index is 13.5. The van der Waals surface area contributed by atoms with Gasteiger partial charge in [0.25, 0.3) is 0 Å². The number of Topliss-reactive ketones (excluding diaryl/α,β-unsaturated/α-hetero) is 1. The van der Waals surface area contributed by atoms with Gasteiger partial charge in [0.1, 0.15) is 5.78 Å². The minimum Gasteiger partial charge on any atom is -0.376 e. The summed E-state index contributed by atoms with van der Waals surface area (Å²) in [5.74, 6) is -15.4. The van der Waals surface area contributed by atoms with Crippen LogP contribution in [-0.4, -0.2) is 39.5 Å². The summed E-state index contributed by atoms with van der Waals surface area (Å²) in [6.45, 7) is 4.95. The van der Waals surface area contributed by atoms with Crippen LogP contribution in [0, 0.1) is 34.5 Å². The summed E-state index contributed by atoms with van der Waals surface area (Å²) in [5, 5.41) is 0. The summed E-state index contributed by atoms with van der Waals surface area (Å²) < 4.78 is 105. The van der Waals surface area contributed by atoms with Crippen molar-refractivity contribution in [3.8, 4) is 5.75 Å². The van der Waals surface area contributed by atoms with Crippen molar-refractivity contribution >= 4 is 15.9 Å². The molecule has 1 fully saturated rings. The van der Waals surface area contributed by atoms with Crippen molar-refractivity contribution < 1.29 is 48.8 Å². The van der Waals surface area contributed by atoms with E-state index in [0.717, 1.165) is 0 Å². The molecule has 30 heavy (non-hydrogen) atoms. The Morgan fingerprint density at radius 1 is 0.967 bits per heavy atom. The molecule has 12 heteroatoms. The lowest BCUT2D eigenvalue weighted by Crippen LogP contribution is -2.37. The summed E-state index contributed by atoms with van der Waals surface area (Å²) in [6, 6.07) is 0. The predicted molar refractivity (Wildman–Crippen MR) is 93.6 cm³/mol. The number of ketones is 1. The van der Waals surface area contributed by atoms with Gasteiger partial charge in [-0.3, -0.25) is 4.79 Å². The molecule has 0 aromatic heterocycles. The van der Waals surface area contributed by atoms with Crippen LogP contribution >= 0.6 is 0 Å². The summed E-state index contributed by atoms with van der Waals surface area (Å²) in [5.41, 5.74) is -0.101. The molecule has 6 nitrogen and oxygen atoms in total. The largest absolute Gasteiger partial charge is 0.376 e. The van der Waals surface area contributed by atoms with Crippen molar-refractivity contribution in [2.45, 2.75) is 45.8 Å². The average molecular weight is 460 g/mol. The fourth-order valence-electron chi connectivity index (χ4n) is 2.55. The van der Waals surface area contributed by atoms with E-state index in [1.54, 1.807) is 0 Å². The molecule has 0 radical (unpaired) electrons. The minimum absolute atomic E-state index is 0.00927. The molecule has 0 bridgehead atoms. The van der Waals surface area contributed by atoms with Gasteiger partial charge in [0, 0.05) is 18.3 Å². The fraction of sp³-hybridized carbons (Fsp3) is 0.611. The van der Waals surface area contributed by atoms with E-state index in [1.807, 2.05) is 13.8 Å². The SMILES string of the molecule is CC1(C)COC(CCCC(=O)CCS(=O)(=O)Oc2c(F)c(F)c(F)c(F)c2F)OC1. The molecule has 2 rings (SSSR count). The topological polar surface area (TPSA) is 78.9 Å². The summed E-state index contributed by atoms with van der Waals surface area (Å²) in [6.07, 6.45) is -0.271. The normalized spacial score (nSPS) is 17.2. The van der Waals surface area contributed by atoms with E-state index >= 15 is 0 Å². The molecule has 0 saturated carbocycles. The van der Waals surface area contributed by atoms with Crippen LogP contribution in [0.4, 0.5) is 22.0 Å². The van der Waals surface area contributed by atoms with Crippen LogP contribution in [0.1, 0.15) is 39.5 Å². The van der Waals surface area contributed by atoms with Crippen LogP contribution in [0.25, 0.3) is 0 Å². The first-order chi connectivity index (χ1) is 13.8. The Morgan fingerprint density at radius 2 is 1.47 bits per heavy atom. The third kappa shape index (κ3) is 6.35. The number of hydrogen-bond donors (Lipinski definition) is 0. The van der Waals surface area contributed by atoms with Gasteiger partial charge in [-0.25, -0.2) is 13.2 Å². The summed E-state index contributed by atoms with van der Waals surface area (Å²) in [7, 11) is -4.79. The molecule has 1 aliphatic heterocycles. The molecule has 1 aromatic rings. The molecule has 0 unspecified atom stereocenters. The van der Waals surface area contributed by atoms with E-state index in [-0.39, 0.29) is 11.8 Å². The second-order valence-electron chi connectivity index (χ2n) is 7.64. The molecule has 1 aliphatic rings. The van der Waals surface area contributed by atoms with Gasteiger partial charge < -0.3 is 13.7 Å². The van der Waals surface area contributed by atoms with E-state index in [0.29, 0.717) is 26.1 Å². The van der Waals surface area contributed by atoms with Crippen molar-refractivity contribution in [2.75, 3.05) is 19.0 Å². The van der Waals surface area contributed by atoms with Crippen LogP contribution < -0.4 is 4.18 Å². The van der Waals surface area contributed by atoms with E-state index < -0.39 is 69.2 Å².